The molecule has 0 saturated heterocycles. The molecule has 2 unspecified atom stereocenters. The van der Waals surface area contributed by atoms with Crippen LogP contribution in [0.1, 0.15) is 35.5 Å². The SMILES string of the molecule is CC(c1ccccc1)S(=O)(=O)Oc1cccc(NC(=O)Nc2cccc(OS(=O)(=O)C(C)c3ccccc3)c2)c1. The quantitative estimate of drug-likeness (QED) is 0.212. The van der Waals surface area contributed by atoms with Crippen molar-refractivity contribution in [2.75, 3.05) is 10.6 Å². The van der Waals surface area contributed by atoms with Gasteiger partial charge in [0.15, 0.2) is 0 Å². The van der Waals surface area contributed by atoms with Crippen LogP contribution in [0, 0.1) is 0 Å². The Balaban J connectivity index is 1.39. The third-order valence-electron chi connectivity index (χ3n) is 6.01. The maximum atomic E-state index is 12.8. The van der Waals surface area contributed by atoms with Crippen LogP contribution >= 0.6 is 0 Å². The van der Waals surface area contributed by atoms with Crippen LogP contribution in [0.15, 0.2) is 109 Å². The number of anilines is 2. The van der Waals surface area contributed by atoms with Gasteiger partial charge in [0, 0.05) is 23.5 Å². The number of carbonyl (C=O) groups is 1. The minimum Gasteiger partial charge on any atom is -0.382 e. The van der Waals surface area contributed by atoms with E-state index in [0.29, 0.717) is 11.1 Å². The molecule has 2 amide bonds. The van der Waals surface area contributed by atoms with Crippen LogP contribution in [-0.2, 0) is 20.2 Å². The van der Waals surface area contributed by atoms with Crippen molar-refractivity contribution in [2.24, 2.45) is 0 Å². The molecular weight excluding hydrogens is 552 g/mol. The fourth-order valence-corrected chi connectivity index (χ4v) is 5.75. The number of benzene rings is 4. The van der Waals surface area contributed by atoms with Crippen LogP contribution in [0.5, 0.6) is 11.5 Å². The molecule has 0 bridgehead atoms. The van der Waals surface area contributed by atoms with E-state index in [9.17, 15) is 21.6 Å². The number of urea groups is 1. The van der Waals surface area contributed by atoms with E-state index >= 15 is 0 Å². The molecule has 4 aromatic rings. The second-order valence-electron chi connectivity index (χ2n) is 8.89. The number of carbonyl (C=O) groups excluding carboxylic acids is 1. The van der Waals surface area contributed by atoms with Crippen LogP contribution in [0.25, 0.3) is 0 Å². The molecule has 11 heteroatoms. The van der Waals surface area contributed by atoms with Gasteiger partial charge in [-0.05, 0) is 49.2 Å². The third-order valence-corrected chi connectivity index (χ3v) is 9.14. The fraction of sp³-hybridized carbons (Fsp3) is 0.138. The maximum absolute atomic E-state index is 12.8. The van der Waals surface area contributed by atoms with Gasteiger partial charge in [-0.15, -0.1) is 0 Å². The van der Waals surface area contributed by atoms with Gasteiger partial charge in [-0.3, -0.25) is 0 Å². The van der Waals surface area contributed by atoms with Crippen LogP contribution in [-0.4, -0.2) is 22.9 Å². The Bertz CT molecular complexity index is 1550. The summed E-state index contributed by atoms with van der Waals surface area (Å²) in [7, 11) is -7.99. The molecule has 0 aromatic heterocycles. The lowest BCUT2D eigenvalue weighted by Crippen LogP contribution is -2.20. The summed E-state index contributed by atoms with van der Waals surface area (Å²) in [6.07, 6.45) is 0. The second kappa shape index (κ2) is 12.2. The molecule has 0 heterocycles. The van der Waals surface area contributed by atoms with Crippen LogP contribution < -0.4 is 19.0 Å². The Kier molecular flexibility index (Phi) is 8.76. The van der Waals surface area contributed by atoms with Gasteiger partial charge in [0.2, 0.25) is 0 Å². The molecule has 4 aromatic carbocycles. The zero-order valence-corrected chi connectivity index (χ0v) is 23.4. The lowest BCUT2D eigenvalue weighted by atomic mass is 10.2. The van der Waals surface area contributed by atoms with Gasteiger partial charge in [-0.25, -0.2) is 4.79 Å². The largest absolute Gasteiger partial charge is 0.382 e. The standard InChI is InChI=1S/C29H28N2O7S2/c1-21(23-11-5-3-6-12-23)39(33,34)37-27-17-9-15-25(19-27)30-29(32)31-26-16-10-18-28(20-26)38-40(35,36)22(2)24-13-7-4-8-14-24/h3-22H,1-2H3,(H2,30,31,32). The predicted molar refractivity (Wildman–Crippen MR) is 154 cm³/mol. The summed E-state index contributed by atoms with van der Waals surface area (Å²) in [5, 5.41) is 3.40. The minimum absolute atomic E-state index is 0.0359. The molecule has 2 N–H and O–H groups in total. The highest BCUT2D eigenvalue weighted by atomic mass is 32.2. The third kappa shape index (κ3) is 7.39. The Morgan fingerprint density at radius 1 is 0.575 bits per heavy atom. The van der Waals surface area contributed by atoms with E-state index in [-0.39, 0.29) is 22.9 Å². The van der Waals surface area contributed by atoms with E-state index in [1.165, 1.54) is 38.1 Å². The summed E-state index contributed by atoms with van der Waals surface area (Å²) in [6.45, 7) is 3.07. The summed E-state index contributed by atoms with van der Waals surface area (Å²) in [4.78, 5) is 12.6. The van der Waals surface area contributed by atoms with Gasteiger partial charge in [0.05, 0.1) is 0 Å². The van der Waals surface area contributed by atoms with Crippen molar-refractivity contribution in [3.05, 3.63) is 120 Å². The predicted octanol–water partition coefficient (Wildman–Crippen LogP) is 6.27. The molecular formula is C29H28N2O7S2. The average Bonchev–Trinajstić information content (AvgIpc) is 2.93. The molecule has 9 nitrogen and oxygen atoms in total. The van der Waals surface area contributed by atoms with E-state index in [2.05, 4.69) is 10.6 Å². The van der Waals surface area contributed by atoms with Crippen LogP contribution in [0.4, 0.5) is 16.2 Å². The van der Waals surface area contributed by atoms with Crippen molar-refractivity contribution in [3.63, 3.8) is 0 Å². The summed E-state index contributed by atoms with van der Waals surface area (Å²) in [5.41, 5.74) is 1.74. The van der Waals surface area contributed by atoms with E-state index in [0.717, 1.165) is 0 Å². The van der Waals surface area contributed by atoms with Crippen LogP contribution in [0.2, 0.25) is 0 Å². The van der Waals surface area contributed by atoms with Crippen molar-refractivity contribution in [1.82, 2.24) is 0 Å². The summed E-state index contributed by atoms with van der Waals surface area (Å²) < 4.78 is 61.6. The summed E-state index contributed by atoms with van der Waals surface area (Å²) in [5.74, 6) is 0.0717. The number of nitrogens with one attached hydrogen (secondary N) is 2. The number of amides is 2. The molecule has 208 valence electrons. The van der Waals surface area contributed by atoms with Crippen molar-refractivity contribution in [3.8, 4) is 11.5 Å². The number of hydrogen-bond donors (Lipinski definition) is 2. The van der Waals surface area contributed by atoms with Gasteiger partial charge in [-0.2, -0.15) is 16.8 Å². The smallest absolute Gasteiger partial charge is 0.323 e. The molecule has 0 aliphatic heterocycles. The van der Waals surface area contributed by atoms with E-state index in [1.54, 1.807) is 84.9 Å². The first-order valence-corrected chi connectivity index (χ1v) is 15.2. The molecule has 0 saturated carbocycles. The monoisotopic (exact) mass is 580 g/mol. The summed E-state index contributed by atoms with van der Waals surface area (Å²) in [6, 6.07) is 28.7. The lowest BCUT2D eigenvalue weighted by Gasteiger charge is -2.15. The molecule has 4 rings (SSSR count). The second-order valence-corrected chi connectivity index (χ2v) is 12.6. The first-order chi connectivity index (χ1) is 19.0. The minimum atomic E-state index is -4.00. The zero-order chi connectivity index (χ0) is 28.8. The van der Waals surface area contributed by atoms with E-state index in [4.69, 9.17) is 8.37 Å². The van der Waals surface area contributed by atoms with Crippen LogP contribution in [0.3, 0.4) is 0 Å². The first kappa shape index (κ1) is 28.7. The topological polar surface area (TPSA) is 128 Å². The van der Waals surface area contributed by atoms with Gasteiger partial charge in [0.25, 0.3) is 0 Å². The lowest BCUT2D eigenvalue weighted by molar-refractivity contribution is 0.262. The van der Waals surface area contributed by atoms with E-state index < -0.39 is 36.8 Å². The number of hydrogen-bond acceptors (Lipinski definition) is 7. The normalized spacial score (nSPS) is 13.1. The highest BCUT2D eigenvalue weighted by Gasteiger charge is 2.26. The molecule has 0 aliphatic rings. The zero-order valence-electron chi connectivity index (χ0n) is 21.7. The van der Waals surface area contributed by atoms with Crippen molar-refractivity contribution >= 4 is 37.6 Å². The molecule has 2 atom stereocenters. The van der Waals surface area contributed by atoms with Gasteiger partial charge in [-0.1, -0.05) is 72.8 Å². The highest BCUT2D eigenvalue weighted by Crippen LogP contribution is 2.28. The van der Waals surface area contributed by atoms with Gasteiger partial charge < -0.3 is 19.0 Å². The van der Waals surface area contributed by atoms with Gasteiger partial charge in [0.1, 0.15) is 22.0 Å². The number of rotatable bonds is 10. The Hall–Kier alpha value is -4.35. The Morgan fingerprint density at radius 3 is 1.32 bits per heavy atom. The Morgan fingerprint density at radius 2 is 0.950 bits per heavy atom. The molecule has 0 spiro atoms. The van der Waals surface area contributed by atoms with Crippen molar-refractivity contribution in [2.45, 2.75) is 24.3 Å². The summed E-state index contributed by atoms with van der Waals surface area (Å²) >= 11 is 0. The van der Waals surface area contributed by atoms with Gasteiger partial charge >= 0.3 is 26.3 Å². The fourth-order valence-electron chi connectivity index (χ4n) is 3.74. The maximum Gasteiger partial charge on any atom is 0.323 e. The van der Waals surface area contributed by atoms with Crippen molar-refractivity contribution < 1.29 is 30.0 Å². The molecule has 0 fully saturated rings. The molecule has 0 aliphatic carbocycles. The first-order valence-electron chi connectivity index (χ1n) is 12.3. The van der Waals surface area contributed by atoms with Crippen molar-refractivity contribution in [1.29, 1.82) is 0 Å². The highest BCUT2D eigenvalue weighted by molar-refractivity contribution is 7.87. The molecule has 0 radical (unpaired) electrons. The Labute approximate surface area is 234 Å². The molecule has 40 heavy (non-hydrogen) atoms. The average molecular weight is 581 g/mol. The van der Waals surface area contributed by atoms with E-state index in [1.807, 2.05) is 0 Å².